The molecule has 6 amide bonds. The molecule has 6 N–H and O–H groups in total. The molecular weight excluding hydrogens is 508 g/mol. The number of likely N-dealkylation sites (tertiary alicyclic amines) is 1. The summed E-state index contributed by atoms with van der Waals surface area (Å²) in [5.74, 6) is -2.45. The molecular formula is C24H30N10O5. The van der Waals surface area contributed by atoms with Gasteiger partial charge in [0.2, 0.25) is 11.8 Å². The summed E-state index contributed by atoms with van der Waals surface area (Å²) >= 11 is 0. The first-order valence-electron chi connectivity index (χ1n) is 12.2. The van der Waals surface area contributed by atoms with Gasteiger partial charge in [-0.25, -0.2) is 14.8 Å². The van der Waals surface area contributed by atoms with Gasteiger partial charge in [-0.05, 0) is 19.3 Å². The van der Waals surface area contributed by atoms with Crippen LogP contribution in [-0.4, -0.2) is 92.3 Å². The van der Waals surface area contributed by atoms with E-state index in [1.54, 1.807) is 0 Å². The molecule has 3 atom stereocenters. The van der Waals surface area contributed by atoms with E-state index in [-0.39, 0.29) is 43.9 Å². The summed E-state index contributed by atoms with van der Waals surface area (Å²) in [6.45, 7) is 4.07. The molecule has 0 aliphatic carbocycles. The first-order chi connectivity index (χ1) is 18.8. The van der Waals surface area contributed by atoms with Gasteiger partial charge in [-0.3, -0.25) is 29.1 Å². The highest BCUT2D eigenvalue weighted by Crippen LogP contribution is 2.21. The third-order valence-corrected chi connectivity index (χ3v) is 5.84. The van der Waals surface area contributed by atoms with Crippen molar-refractivity contribution in [3.63, 3.8) is 0 Å². The average Bonchev–Trinajstić information content (AvgIpc) is 3.37. The first-order valence-corrected chi connectivity index (χ1v) is 12.2. The van der Waals surface area contributed by atoms with E-state index >= 15 is 0 Å². The van der Waals surface area contributed by atoms with Crippen LogP contribution in [0.4, 0.5) is 4.79 Å². The minimum Gasteiger partial charge on any atom is -0.368 e. The van der Waals surface area contributed by atoms with Crippen molar-refractivity contribution in [2.45, 2.75) is 37.4 Å². The number of urea groups is 1. The second kappa shape index (κ2) is 14.1. The van der Waals surface area contributed by atoms with E-state index in [4.69, 9.17) is 5.73 Å². The molecule has 15 nitrogen and oxygen atoms in total. The Morgan fingerprint density at radius 3 is 2.36 bits per heavy atom. The molecule has 15 heteroatoms. The number of hydrogen-bond donors (Lipinski definition) is 5. The van der Waals surface area contributed by atoms with Crippen molar-refractivity contribution in [3.8, 4) is 0 Å². The van der Waals surface area contributed by atoms with E-state index in [1.807, 2.05) is 0 Å². The van der Waals surface area contributed by atoms with Crippen LogP contribution < -0.4 is 27.0 Å². The molecule has 3 heterocycles. The lowest BCUT2D eigenvalue weighted by Gasteiger charge is -2.29. The van der Waals surface area contributed by atoms with Crippen molar-refractivity contribution < 1.29 is 24.0 Å². The summed E-state index contributed by atoms with van der Waals surface area (Å²) in [7, 11) is 0. The lowest BCUT2D eigenvalue weighted by Crippen LogP contribution is -2.58. The Balaban J connectivity index is 1.66. The smallest absolute Gasteiger partial charge is 0.315 e. The third-order valence-electron chi connectivity index (χ3n) is 5.84. The number of nitrogens with two attached hydrogens (primary N) is 1. The van der Waals surface area contributed by atoms with Crippen LogP contribution in [0, 0.1) is 0 Å². The summed E-state index contributed by atoms with van der Waals surface area (Å²) in [5.41, 5.74) is 5.69. The molecule has 0 bridgehead atoms. The van der Waals surface area contributed by atoms with Crippen LogP contribution in [0.5, 0.6) is 0 Å². The highest BCUT2D eigenvalue weighted by Gasteiger charge is 2.44. The van der Waals surface area contributed by atoms with Crippen molar-refractivity contribution in [1.82, 2.24) is 46.1 Å². The second-order valence-electron chi connectivity index (χ2n) is 8.52. The Morgan fingerprint density at radius 1 is 1.05 bits per heavy atom. The number of nitrogens with zero attached hydrogens (tertiary/aromatic N) is 5. The minimum absolute atomic E-state index is 0.0253. The number of hydrogen-bond acceptors (Lipinski definition) is 9. The molecule has 2 aromatic rings. The van der Waals surface area contributed by atoms with E-state index in [1.165, 1.54) is 48.2 Å². The Labute approximate surface area is 224 Å². The highest BCUT2D eigenvalue weighted by molar-refractivity contribution is 5.98. The summed E-state index contributed by atoms with van der Waals surface area (Å²) in [4.78, 5) is 80.0. The molecule has 206 valence electrons. The van der Waals surface area contributed by atoms with Gasteiger partial charge in [0.05, 0.1) is 18.4 Å². The quantitative estimate of drug-likeness (QED) is 0.157. The molecule has 0 radical (unpaired) electrons. The van der Waals surface area contributed by atoms with E-state index in [0.29, 0.717) is 6.42 Å². The van der Waals surface area contributed by atoms with Crippen LogP contribution in [0.2, 0.25) is 0 Å². The number of primary amides is 1. The Bertz CT molecular complexity index is 1180. The van der Waals surface area contributed by atoms with Crippen LogP contribution in [0.3, 0.4) is 0 Å². The van der Waals surface area contributed by atoms with Gasteiger partial charge in [0, 0.05) is 44.4 Å². The number of nitrogens with one attached hydrogen (secondary N) is 4. The monoisotopic (exact) mass is 538 g/mol. The van der Waals surface area contributed by atoms with Gasteiger partial charge in [0.1, 0.15) is 23.5 Å². The summed E-state index contributed by atoms with van der Waals surface area (Å²) in [5, 5.41) is 10.5. The molecule has 2 aromatic heterocycles. The Hall–Kier alpha value is -4.95. The van der Waals surface area contributed by atoms with Crippen molar-refractivity contribution in [2.24, 2.45) is 5.73 Å². The van der Waals surface area contributed by atoms with Gasteiger partial charge in [0.15, 0.2) is 0 Å². The van der Waals surface area contributed by atoms with Gasteiger partial charge in [-0.1, -0.05) is 6.08 Å². The fraction of sp³-hybridized carbons (Fsp3) is 0.375. The number of aromatic nitrogens is 4. The fourth-order valence-electron chi connectivity index (χ4n) is 3.99. The van der Waals surface area contributed by atoms with E-state index in [9.17, 15) is 24.0 Å². The maximum atomic E-state index is 13.4. The van der Waals surface area contributed by atoms with Crippen molar-refractivity contribution in [2.75, 3.05) is 19.6 Å². The summed E-state index contributed by atoms with van der Waals surface area (Å²) < 4.78 is 0. The highest BCUT2D eigenvalue weighted by atomic mass is 16.2. The second-order valence-corrected chi connectivity index (χ2v) is 8.52. The topological polar surface area (TPSA) is 214 Å². The Kier molecular flexibility index (Phi) is 10.4. The normalized spacial score (nSPS) is 17.0. The molecule has 1 aliphatic heterocycles. The lowest BCUT2D eigenvalue weighted by molar-refractivity contribution is -0.130. The molecule has 1 aliphatic rings. The van der Waals surface area contributed by atoms with E-state index in [0.717, 1.165) is 0 Å². The molecule has 0 spiro atoms. The van der Waals surface area contributed by atoms with Crippen LogP contribution >= 0.6 is 0 Å². The molecule has 1 fully saturated rings. The van der Waals surface area contributed by atoms with Gasteiger partial charge in [-0.15, -0.1) is 6.58 Å². The largest absolute Gasteiger partial charge is 0.368 e. The standard InChI is InChI=1S/C24H30N10O5/c1-2-6-31-24(39)33-15-5-12-34(23(38)18-14-27-9-11-29-18)19(15)22(37)32-16(20(25)35)4-3-7-30-21(36)17-13-26-8-10-28-17/h2,8-11,13-16,19H,1,3-7,12H2,(H2,25,35)(H,30,36)(H,32,37)(H2,31,33,39). The zero-order valence-corrected chi connectivity index (χ0v) is 21.1. The van der Waals surface area contributed by atoms with Gasteiger partial charge >= 0.3 is 6.03 Å². The van der Waals surface area contributed by atoms with Crippen molar-refractivity contribution >= 4 is 29.7 Å². The minimum atomic E-state index is -1.15. The zero-order valence-electron chi connectivity index (χ0n) is 21.1. The molecule has 0 aromatic carbocycles. The van der Waals surface area contributed by atoms with Gasteiger partial charge in [0.25, 0.3) is 11.8 Å². The SMILES string of the molecule is C=CCNC(=O)NC1CCN(C(=O)c2cnccn2)C1C(=O)NC(CCCNC(=O)c1cnccn1)C(N)=O. The predicted molar refractivity (Wildman–Crippen MR) is 137 cm³/mol. The van der Waals surface area contributed by atoms with Crippen LogP contribution in [-0.2, 0) is 9.59 Å². The molecule has 3 unspecified atom stereocenters. The van der Waals surface area contributed by atoms with Crippen LogP contribution in [0.1, 0.15) is 40.2 Å². The number of amides is 6. The van der Waals surface area contributed by atoms with Crippen LogP contribution in [0.15, 0.2) is 49.8 Å². The van der Waals surface area contributed by atoms with Gasteiger partial charge in [-0.2, -0.15) is 0 Å². The molecule has 3 rings (SSSR count). The summed E-state index contributed by atoms with van der Waals surface area (Å²) in [6.07, 6.45) is 10.4. The summed E-state index contributed by atoms with van der Waals surface area (Å²) in [6, 6.07) is -3.53. The number of carbonyl (C=O) groups excluding carboxylic acids is 5. The average molecular weight is 539 g/mol. The fourth-order valence-corrected chi connectivity index (χ4v) is 3.99. The molecule has 1 saturated heterocycles. The van der Waals surface area contributed by atoms with E-state index in [2.05, 4.69) is 47.8 Å². The lowest BCUT2D eigenvalue weighted by atomic mass is 10.1. The first kappa shape index (κ1) is 28.6. The zero-order chi connectivity index (χ0) is 28.2. The molecule has 0 saturated carbocycles. The van der Waals surface area contributed by atoms with Gasteiger partial charge < -0.3 is 31.9 Å². The maximum absolute atomic E-state index is 13.4. The van der Waals surface area contributed by atoms with Crippen LogP contribution in [0.25, 0.3) is 0 Å². The number of carbonyl (C=O) groups is 5. The Morgan fingerprint density at radius 2 is 1.74 bits per heavy atom. The van der Waals surface area contributed by atoms with Crippen molar-refractivity contribution in [3.05, 3.63) is 61.2 Å². The number of rotatable bonds is 12. The van der Waals surface area contributed by atoms with E-state index < -0.39 is 47.8 Å². The third kappa shape index (κ3) is 8.02. The molecule has 39 heavy (non-hydrogen) atoms. The van der Waals surface area contributed by atoms with Crippen molar-refractivity contribution in [1.29, 1.82) is 0 Å². The maximum Gasteiger partial charge on any atom is 0.315 e. The predicted octanol–water partition coefficient (Wildman–Crippen LogP) is -1.48.